The molecule has 1 aliphatic rings. The summed E-state index contributed by atoms with van der Waals surface area (Å²) in [5.74, 6) is 0.504. The third kappa shape index (κ3) is 8.49. The fraction of sp³-hybridized carbons (Fsp3) is 0.423. The Morgan fingerprint density at radius 2 is 1.74 bits per heavy atom. The number of halogens is 4. The van der Waals surface area contributed by atoms with Crippen LogP contribution < -0.4 is 14.4 Å². The summed E-state index contributed by atoms with van der Waals surface area (Å²) in [5.41, 5.74) is 2.05. The Kier molecular flexibility index (Phi) is 9.18. The molecule has 2 aromatic carbocycles. The maximum Gasteiger partial charge on any atom is 0.573 e. The van der Waals surface area contributed by atoms with Crippen LogP contribution >= 0.6 is 11.6 Å². The highest BCUT2D eigenvalue weighted by molar-refractivity contribution is 6.28. The smallest absolute Gasteiger partial charge is 0.491 e. The monoisotopic (exact) mass is 568 g/mol. The summed E-state index contributed by atoms with van der Waals surface area (Å²) in [7, 11) is 0. The summed E-state index contributed by atoms with van der Waals surface area (Å²) in [6.45, 7) is 2.06. The molecule has 1 saturated heterocycles. The number of aliphatic hydroxyl groups excluding tert-OH is 1. The Labute approximate surface area is 227 Å². The van der Waals surface area contributed by atoms with Crippen molar-refractivity contribution in [2.45, 2.75) is 44.7 Å². The van der Waals surface area contributed by atoms with Crippen LogP contribution in [0.4, 0.5) is 24.7 Å². The van der Waals surface area contributed by atoms with Gasteiger partial charge >= 0.3 is 17.5 Å². The van der Waals surface area contributed by atoms with Crippen molar-refractivity contribution in [2.24, 2.45) is 5.92 Å². The lowest BCUT2D eigenvalue weighted by Crippen LogP contribution is -2.34. The standard InChI is InChI=1S/C26H28ClF3N4O5/c27-25-31-24(34(36)37)16-33(25)14-11-21(35)17-38-22-7-3-20(4-8-22)32-12-9-19(10-13-32)15-18-1-5-23(6-2-18)39-26(28,29)30/h1-8,16,19,21,35H,9-15,17H2/t21-/m1/s1. The second-order valence-electron chi connectivity index (χ2n) is 9.39. The molecule has 1 atom stereocenters. The van der Waals surface area contributed by atoms with Crippen molar-refractivity contribution in [3.63, 3.8) is 0 Å². The second kappa shape index (κ2) is 12.6. The number of nitro groups is 1. The van der Waals surface area contributed by atoms with Crippen molar-refractivity contribution in [3.05, 3.63) is 75.7 Å². The number of alkyl halides is 3. The Bertz CT molecular complexity index is 1230. The Morgan fingerprint density at radius 3 is 2.33 bits per heavy atom. The predicted octanol–water partition coefficient (Wildman–Crippen LogP) is 5.63. The van der Waals surface area contributed by atoms with Gasteiger partial charge in [0.15, 0.2) is 0 Å². The van der Waals surface area contributed by atoms with Crippen molar-refractivity contribution in [1.29, 1.82) is 0 Å². The van der Waals surface area contributed by atoms with Crippen LogP contribution in [0.25, 0.3) is 0 Å². The quantitative estimate of drug-likeness (QED) is 0.236. The molecule has 2 heterocycles. The van der Waals surface area contributed by atoms with Crippen molar-refractivity contribution >= 4 is 23.1 Å². The fourth-order valence-electron chi connectivity index (χ4n) is 4.50. The van der Waals surface area contributed by atoms with Gasteiger partial charge in [-0.15, -0.1) is 13.2 Å². The summed E-state index contributed by atoms with van der Waals surface area (Å²) in [6, 6.07) is 13.7. The second-order valence-corrected chi connectivity index (χ2v) is 9.73. The van der Waals surface area contributed by atoms with Crippen LogP contribution in [0.5, 0.6) is 11.5 Å². The normalized spacial score (nSPS) is 15.3. The molecule has 9 nitrogen and oxygen atoms in total. The third-order valence-corrected chi connectivity index (χ3v) is 6.85. The molecule has 0 bridgehead atoms. The molecule has 0 spiro atoms. The van der Waals surface area contributed by atoms with Crippen molar-refractivity contribution < 1.29 is 32.7 Å². The summed E-state index contributed by atoms with van der Waals surface area (Å²) in [5, 5.41) is 21.0. The van der Waals surface area contributed by atoms with E-state index in [4.69, 9.17) is 16.3 Å². The van der Waals surface area contributed by atoms with E-state index in [1.807, 2.05) is 24.3 Å². The molecule has 0 saturated carbocycles. The Morgan fingerprint density at radius 1 is 1.10 bits per heavy atom. The van der Waals surface area contributed by atoms with Crippen molar-refractivity contribution in [2.75, 3.05) is 24.6 Å². The zero-order valence-corrected chi connectivity index (χ0v) is 21.6. The molecule has 210 valence electrons. The van der Waals surface area contributed by atoms with E-state index in [0.717, 1.165) is 43.6 Å². The zero-order chi connectivity index (χ0) is 28.0. The maximum absolute atomic E-state index is 12.3. The van der Waals surface area contributed by atoms with Crippen LogP contribution in [0.15, 0.2) is 54.7 Å². The van der Waals surface area contributed by atoms with E-state index in [2.05, 4.69) is 14.6 Å². The van der Waals surface area contributed by atoms with Gasteiger partial charge in [0.25, 0.3) is 0 Å². The molecule has 13 heteroatoms. The number of ether oxygens (including phenoxy) is 2. The first-order chi connectivity index (χ1) is 18.6. The van der Waals surface area contributed by atoms with Gasteiger partial charge in [-0.1, -0.05) is 12.1 Å². The highest BCUT2D eigenvalue weighted by atomic mass is 35.5. The lowest BCUT2D eigenvalue weighted by atomic mass is 9.90. The molecule has 3 aromatic rings. The maximum atomic E-state index is 12.3. The number of hydrogen-bond acceptors (Lipinski definition) is 7. The Hall–Kier alpha value is -3.51. The summed E-state index contributed by atoms with van der Waals surface area (Å²) < 4.78 is 48.0. The van der Waals surface area contributed by atoms with Crippen LogP contribution in [-0.4, -0.2) is 51.7 Å². The number of piperidine rings is 1. The average molecular weight is 569 g/mol. The largest absolute Gasteiger partial charge is 0.573 e. The number of anilines is 1. The molecule has 1 aliphatic heterocycles. The number of aliphatic hydroxyl groups is 1. The number of rotatable bonds is 11. The molecule has 0 radical (unpaired) electrons. The average Bonchev–Trinajstić information content (AvgIpc) is 3.28. The number of imidazole rings is 1. The molecule has 0 unspecified atom stereocenters. The molecule has 4 rings (SSSR count). The SMILES string of the molecule is O=[N+]([O-])c1cn(CC[C@@H](O)COc2ccc(N3CCC(Cc4ccc(OC(F)(F)F)cc4)CC3)cc2)c(Cl)n1. The van der Waals surface area contributed by atoms with Gasteiger partial charge in [0.1, 0.15) is 24.3 Å². The molecule has 1 fully saturated rings. The van der Waals surface area contributed by atoms with Crippen LogP contribution in [0.2, 0.25) is 5.28 Å². The molecule has 0 amide bonds. The van der Waals surface area contributed by atoms with Crippen LogP contribution in [-0.2, 0) is 13.0 Å². The summed E-state index contributed by atoms with van der Waals surface area (Å²) >= 11 is 5.89. The van der Waals surface area contributed by atoms with E-state index in [9.17, 15) is 28.4 Å². The lowest BCUT2D eigenvalue weighted by Gasteiger charge is -2.33. The van der Waals surface area contributed by atoms with Gasteiger partial charge < -0.3 is 29.6 Å². The van der Waals surface area contributed by atoms with Gasteiger partial charge in [-0.2, -0.15) is 0 Å². The van der Waals surface area contributed by atoms with Gasteiger partial charge in [-0.05, 0) is 95.1 Å². The van der Waals surface area contributed by atoms with Crippen LogP contribution in [0, 0.1) is 16.0 Å². The molecule has 0 aliphatic carbocycles. The van der Waals surface area contributed by atoms with Gasteiger partial charge in [0, 0.05) is 25.3 Å². The lowest BCUT2D eigenvalue weighted by molar-refractivity contribution is -0.389. The predicted molar refractivity (Wildman–Crippen MR) is 138 cm³/mol. The molecular weight excluding hydrogens is 541 g/mol. The highest BCUT2D eigenvalue weighted by Crippen LogP contribution is 2.29. The number of aryl methyl sites for hydroxylation is 1. The minimum Gasteiger partial charge on any atom is -0.491 e. The number of hydrogen-bond donors (Lipinski definition) is 1. The van der Waals surface area contributed by atoms with Crippen LogP contribution in [0.1, 0.15) is 24.8 Å². The Balaban J connectivity index is 1.18. The molecular formula is C26H28ClF3N4O5. The number of aromatic nitrogens is 2. The fourth-order valence-corrected chi connectivity index (χ4v) is 4.72. The zero-order valence-electron chi connectivity index (χ0n) is 20.9. The van der Waals surface area contributed by atoms with Gasteiger partial charge in [-0.3, -0.25) is 4.57 Å². The van der Waals surface area contributed by atoms with E-state index < -0.39 is 17.4 Å². The number of nitrogens with zero attached hydrogens (tertiary/aromatic N) is 4. The highest BCUT2D eigenvalue weighted by Gasteiger charge is 2.31. The molecule has 1 N–H and O–H groups in total. The first kappa shape index (κ1) is 28.5. The van der Waals surface area contributed by atoms with Gasteiger partial charge in [0.2, 0.25) is 0 Å². The van der Waals surface area contributed by atoms with Gasteiger partial charge in [0.05, 0.1) is 6.10 Å². The van der Waals surface area contributed by atoms with E-state index in [1.165, 1.54) is 22.9 Å². The van der Waals surface area contributed by atoms with Crippen molar-refractivity contribution in [3.8, 4) is 11.5 Å². The first-order valence-electron chi connectivity index (χ1n) is 12.4. The first-order valence-corrected chi connectivity index (χ1v) is 12.8. The van der Waals surface area contributed by atoms with E-state index in [1.54, 1.807) is 12.1 Å². The summed E-state index contributed by atoms with van der Waals surface area (Å²) in [6.07, 6.45) is -1.23. The van der Waals surface area contributed by atoms with Gasteiger partial charge in [-0.25, -0.2) is 0 Å². The topological polar surface area (TPSA) is 103 Å². The van der Waals surface area contributed by atoms with Crippen LogP contribution in [0.3, 0.4) is 0 Å². The van der Waals surface area contributed by atoms with E-state index in [0.29, 0.717) is 11.7 Å². The third-order valence-electron chi connectivity index (χ3n) is 6.55. The van der Waals surface area contributed by atoms with E-state index >= 15 is 0 Å². The van der Waals surface area contributed by atoms with Crippen molar-refractivity contribution in [1.82, 2.24) is 9.55 Å². The van der Waals surface area contributed by atoms with E-state index in [-0.39, 0.29) is 36.4 Å². The number of benzene rings is 2. The summed E-state index contributed by atoms with van der Waals surface area (Å²) in [4.78, 5) is 16.1. The molecule has 1 aromatic heterocycles. The molecule has 39 heavy (non-hydrogen) atoms. The minimum atomic E-state index is -4.69. The minimum absolute atomic E-state index is 0.0111.